The van der Waals surface area contributed by atoms with Gasteiger partial charge in [0, 0.05) is 12.6 Å². The van der Waals surface area contributed by atoms with Gasteiger partial charge < -0.3 is 10.2 Å². The second-order valence-corrected chi connectivity index (χ2v) is 7.16. The van der Waals surface area contributed by atoms with E-state index in [1.165, 1.54) is 0 Å². The second-order valence-electron chi connectivity index (χ2n) is 4.69. The molecule has 0 radical (unpaired) electrons. The van der Waals surface area contributed by atoms with Gasteiger partial charge in [-0.1, -0.05) is 30.3 Å². The SMILES string of the molecule is O=C(O)CCC(CP(=O)(Cc1ccccc1)OO)C(=O)O. The highest BCUT2D eigenvalue weighted by Crippen LogP contribution is 2.51. The van der Waals surface area contributed by atoms with Gasteiger partial charge >= 0.3 is 11.9 Å². The maximum Gasteiger partial charge on any atom is 0.307 e. The van der Waals surface area contributed by atoms with Gasteiger partial charge in [0.1, 0.15) is 0 Å². The van der Waals surface area contributed by atoms with Crippen LogP contribution in [0.15, 0.2) is 30.3 Å². The summed E-state index contributed by atoms with van der Waals surface area (Å²) in [6.07, 6.45) is -1.05. The lowest BCUT2D eigenvalue weighted by atomic mass is 10.1. The molecule has 0 aliphatic heterocycles. The van der Waals surface area contributed by atoms with Crippen molar-refractivity contribution in [2.75, 3.05) is 6.16 Å². The highest BCUT2D eigenvalue weighted by molar-refractivity contribution is 7.58. The molecule has 7 nitrogen and oxygen atoms in total. The molecule has 3 N–H and O–H groups in total. The lowest BCUT2D eigenvalue weighted by Gasteiger charge is -2.18. The van der Waals surface area contributed by atoms with Crippen molar-refractivity contribution in [3.05, 3.63) is 35.9 Å². The number of aliphatic carboxylic acids is 2. The molecular formula is C13H17O7P. The van der Waals surface area contributed by atoms with Crippen LogP contribution in [0.1, 0.15) is 18.4 Å². The van der Waals surface area contributed by atoms with Crippen LogP contribution in [-0.2, 0) is 25.0 Å². The summed E-state index contributed by atoms with van der Waals surface area (Å²) < 4.78 is 16.5. The monoisotopic (exact) mass is 316 g/mol. The van der Waals surface area contributed by atoms with Crippen molar-refractivity contribution in [2.45, 2.75) is 19.0 Å². The van der Waals surface area contributed by atoms with Crippen LogP contribution in [-0.4, -0.2) is 33.6 Å². The topological polar surface area (TPSA) is 121 Å². The summed E-state index contributed by atoms with van der Waals surface area (Å²) in [6, 6.07) is 8.56. The van der Waals surface area contributed by atoms with E-state index >= 15 is 0 Å². The third kappa shape index (κ3) is 6.08. The van der Waals surface area contributed by atoms with E-state index in [-0.39, 0.29) is 19.0 Å². The molecule has 0 aliphatic carbocycles. The van der Waals surface area contributed by atoms with Crippen molar-refractivity contribution in [1.82, 2.24) is 0 Å². The first-order valence-corrected chi connectivity index (χ1v) is 8.25. The first-order chi connectivity index (χ1) is 9.86. The summed E-state index contributed by atoms with van der Waals surface area (Å²) in [4.78, 5) is 21.6. The number of benzene rings is 1. The first kappa shape index (κ1) is 17.4. The Kier molecular flexibility index (Phi) is 6.55. The van der Waals surface area contributed by atoms with Crippen molar-refractivity contribution in [2.24, 2.45) is 5.92 Å². The van der Waals surface area contributed by atoms with E-state index in [0.29, 0.717) is 5.56 Å². The number of hydrogen-bond donors (Lipinski definition) is 3. The zero-order chi connectivity index (χ0) is 15.9. The molecule has 0 aliphatic rings. The van der Waals surface area contributed by atoms with Crippen molar-refractivity contribution in [1.29, 1.82) is 0 Å². The highest BCUT2D eigenvalue weighted by Gasteiger charge is 2.32. The molecule has 0 heterocycles. The van der Waals surface area contributed by atoms with Gasteiger partial charge in [-0.3, -0.25) is 14.2 Å². The van der Waals surface area contributed by atoms with E-state index in [2.05, 4.69) is 4.67 Å². The van der Waals surface area contributed by atoms with Crippen LogP contribution in [0.5, 0.6) is 0 Å². The Bertz CT molecular complexity index is 529. The van der Waals surface area contributed by atoms with Gasteiger partial charge in [0.15, 0.2) is 0 Å². The quantitative estimate of drug-likeness (QED) is 0.363. The summed E-state index contributed by atoms with van der Waals surface area (Å²) in [7, 11) is -3.61. The second kappa shape index (κ2) is 7.93. The Morgan fingerprint density at radius 2 is 1.81 bits per heavy atom. The fraction of sp³-hybridized carbons (Fsp3) is 0.385. The van der Waals surface area contributed by atoms with Gasteiger partial charge in [-0.25, -0.2) is 5.26 Å². The van der Waals surface area contributed by atoms with Crippen LogP contribution in [0, 0.1) is 5.92 Å². The maximum absolute atomic E-state index is 12.4. The fourth-order valence-corrected chi connectivity index (χ4v) is 3.95. The average molecular weight is 316 g/mol. The Labute approximate surface area is 121 Å². The van der Waals surface area contributed by atoms with Crippen LogP contribution in [0.2, 0.25) is 0 Å². The molecular weight excluding hydrogens is 299 g/mol. The molecule has 8 heteroatoms. The fourth-order valence-electron chi connectivity index (χ4n) is 1.91. The Hall–Kier alpha value is -1.69. The smallest absolute Gasteiger partial charge is 0.307 e. The predicted molar refractivity (Wildman–Crippen MR) is 74.3 cm³/mol. The van der Waals surface area contributed by atoms with Crippen LogP contribution in [0.25, 0.3) is 0 Å². The zero-order valence-corrected chi connectivity index (χ0v) is 12.1. The molecule has 116 valence electrons. The van der Waals surface area contributed by atoms with Crippen molar-refractivity contribution < 1.29 is 34.3 Å². The molecule has 1 rings (SSSR count). The third-order valence-corrected chi connectivity index (χ3v) is 5.11. The van der Waals surface area contributed by atoms with Gasteiger partial charge in [-0.05, 0) is 12.0 Å². The lowest BCUT2D eigenvalue weighted by molar-refractivity contribution is -0.144. The van der Waals surface area contributed by atoms with Crippen LogP contribution >= 0.6 is 7.37 Å². The lowest BCUT2D eigenvalue weighted by Crippen LogP contribution is -2.20. The van der Waals surface area contributed by atoms with E-state index in [1.54, 1.807) is 30.3 Å². The van der Waals surface area contributed by atoms with Crippen LogP contribution < -0.4 is 0 Å². The Balaban J connectivity index is 2.79. The summed E-state index contributed by atoms with van der Waals surface area (Å²) >= 11 is 0. The highest BCUT2D eigenvalue weighted by atomic mass is 31.2. The standard InChI is InChI=1S/C13H17O7P/c14-12(15)7-6-11(13(16)17)9-21(19,20-18)8-10-4-2-1-3-5-10/h1-5,11,18H,6-9H2,(H,14,15)(H,16,17). The summed E-state index contributed by atoms with van der Waals surface area (Å²) in [6.45, 7) is 0. The van der Waals surface area contributed by atoms with E-state index in [0.717, 1.165) is 0 Å². The van der Waals surface area contributed by atoms with Crippen LogP contribution in [0.4, 0.5) is 0 Å². The Morgan fingerprint density at radius 3 is 2.29 bits per heavy atom. The molecule has 0 amide bonds. The minimum Gasteiger partial charge on any atom is -0.481 e. The molecule has 21 heavy (non-hydrogen) atoms. The summed E-state index contributed by atoms with van der Waals surface area (Å²) in [5, 5.41) is 26.5. The molecule has 2 unspecified atom stereocenters. The van der Waals surface area contributed by atoms with E-state index < -0.39 is 31.4 Å². The van der Waals surface area contributed by atoms with Gasteiger partial charge in [-0.15, -0.1) is 0 Å². The molecule has 0 fully saturated rings. The van der Waals surface area contributed by atoms with E-state index in [4.69, 9.17) is 15.5 Å². The average Bonchev–Trinajstić information content (AvgIpc) is 2.44. The zero-order valence-electron chi connectivity index (χ0n) is 11.2. The predicted octanol–water partition coefficient (Wildman–Crippen LogP) is 2.52. The van der Waals surface area contributed by atoms with Gasteiger partial charge in [-0.2, -0.15) is 4.67 Å². The van der Waals surface area contributed by atoms with E-state index in [9.17, 15) is 14.2 Å². The molecule has 1 aromatic rings. The molecule has 1 aromatic carbocycles. The minimum atomic E-state index is -3.61. The summed E-state index contributed by atoms with van der Waals surface area (Å²) in [5.41, 5.74) is 0.636. The largest absolute Gasteiger partial charge is 0.481 e. The van der Waals surface area contributed by atoms with Crippen molar-refractivity contribution in [3.63, 3.8) is 0 Å². The molecule has 0 bridgehead atoms. The van der Waals surface area contributed by atoms with Crippen molar-refractivity contribution >= 4 is 19.3 Å². The molecule has 0 saturated carbocycles. The van der Waals surface area contributed by atoms with E-state index in [1.807, 2.05) is 0 Å². The number of carbonyl (C=O) groups is 2. The minimum absolute atomic E-state index is 0.110. The summed E-state index contributed by atoms with van der Waals surface area (Å²) in [5.74, 6) is -3.55. The molecule has 0 aromatic heterocycles. The van der Waals surface area contributed by atoms with Gasteiger partial charge in [0.2, 0.25) is 7.37 Å². The normalized spacial score (nSPS) is 15.1. The van der Waals surface area contributed by atoms with Crippen molar-refractivity contribution in [3.8, 4) is 0 Å². The number of hydrogen-bond acceptors (Lipinski definition) is 5. The van der Waals surface area contributed by atoms with Gasteiger partial charge in [0.05, 0.1) is 12.1 Å². The third-order valence-electron chi connectivity index (χ3n) is 2.97. The Morgan fingerprint density at radius 1 is 1.19 bits per heavy atom. The molecule has 0 saturated heterocycles. The molecule has 0 spiro atoms. The van der Waals surface area contributed by atoms with Crippen LogP contribution in [0.3, 0.4) is 0 Å². The first-order valence-electron chi connectivity index (χ1n) is 6.26. The number of rotatable bonds is 9. The number of carboxylic acid groups (broad SMARTS) is 2. The number of carboxylic acids is 2. The molecule has 2 atom stereocenters. The van der Waals surface area contributed by atoms with Gasteiger partial charge in [0.25, 0.3) is 0 Å². The maximum atomic E-state index is 12.4.